The van der Waals surface area contributed by atoms with E-state index in [0.29, 0.717) is 11.8 Å². The second-order valence-corrected chi connectivity index (χ2v) is 6.24. The number of halogens is 1. The van der Waals surface area contributed by atoms with Crippen molar-refractivity contribution in [3.8, 4) is 0 Å². The molecule has 1 heterocycles. The van der Waals surface area contributed by atoms with Gasteiger partial charge in [-0.15, -0.1) is 12.4 Å². The zero-order valence-corrected chi connectivity index (χ0v) is 13.4. The molecule has 21 heavy (non-hydrogen) atoms. The van der Waals surface area contributed by atoms with Crippen LogP contribution in [0.2, 0.25) is 0 Å². The summed E-state index contributed by atoms with van der Waals surface area (Å²) in [6.07, 6.45) is 3.61. The van der Waals surface area contributed by atoms with Gasteiger partial charge in [-0.3, -0.25) is 4.79 Å². The maximum absolute atomic E-state index is 12.2. The Morgan fingerprint density at radius 1 is 1.38 bits per heavy atom. The first-order chi connectivity index (χ1) is 9.75. The molecule has 1 aliphatic carbocycles. The topological polar surface area (TPSA) is 41.1 Å². The number of amides is 1. The summed E-state index contributed by atoms with van der Waals surface area (Å²) in [5, 5.41) is 6.41. The number of benzene rings is 1. The highest BCUT2D eigenvalue weighted by molar-refractivity contribution is 5.85. The molecule has 0 saturated carbocycles. The van der Waals surface area contributed by atoms with E-state index in [2.05, 4.69) is 41.8 Å². The molecule has 2 aliphatic rings. The van der Waals surface area contributed by atoms with Gasteiger partial charge in [-0.25, -0.2) is 0 Å². The number of aryl methyl sites for hydroxylation is 1. The monoisotopic (exact) mass is 308 g/mol. The Morgan fingerprint density at radius 3 is 2.86 bits per heavy atom. The van der Waals surface area contributed by atoms with Crippen LogP contribution in [0.4, 0.5) is 0 Å². The lowest BCUT2D eigenvalue weighted by Gasteiger charge is -2.32. The normalized spacial score (nSPS) is 22.4. The van der Waals surface area contributed by atoms with Crippen molar-refractivity contribution in [2.24, 2.45) is 11.8 Å². The van der Waals surface area contributed by atoms with E-state index < -0.39 is 0 Å². The van der Waals surface area contributed by atoms with Gasteiger partial charge in [-0.05, 0) is 49.4 Å². The molecule has 3 nitrogen and oxygen atoms in total. The Kier molecular flexibility index (Phi) is 5.65. The first-order valence-corrected chi connectivity index (χ1v) is 7.82. The van der Waals surface area contributed by atoms with Gasteiger partial charge in [0.05, 0.1) is 0 Å². The maximum atomic E-state index is 12.2. The summed E-state index contributed by atoms with van der Waals surface area (Å²) >= 11 is 0. The highest BCUT2D eigenvalue weighted by Crippen LogP contribution is 2.30. The van der Waals surface area contributed by atoms with Crippen LogP contribution in [0.1, 0.15) is 36.8 Å². The maximum Gasteiger partial charge on any atom is 0.223 e. The lowest BCUT2D eigenvalue weighted by molar-refractivity contribution is -0.126. The SMILES string of the molecule is CC(C(=O)NCC1CCCc2ccccc21)C1CNC1.Cl. The van der Waals surface area contributed by atoms with E-state index in [9.17, 15) is 4.79 Å². The molecule has 0 aromatic heterocycles. The van der Waals surface area contributed by atoms with Gasteiger partial charge in [0, 0.05) is 18.4 Å². The fourth-order valence-electron chi connectivity index (χ4n) is 3.33. The van der Waals surface area contributed by atoms with E-state index in [4.69, 9.17) is 0 Å². The molecule has 4 heteroatoms. The average molecular weight is 309 g/mol. The number of rotatable bonds is 4. The predicted octanol–water partition coefficient (Wildman–Crippen LogP) is 2.50. The van der Waals surface area contributed by atoms with E-state index in [1.54, 1.807) is 0 Å². The van der Waals surface area contributed by atoms with Crippen LogP contribution in [-0.4, -0.2) is 25.5 Å². The number of fused-ring (bicyclic) bond motifs is 1. The Labute approximate surface area is 133 Å². The first-order valence-electron chi connectivity index (χ1n) is 7.82. The zero-order valence-electron chi connectivity index (χ0n) is 12.6. The molecule has 1 aromatic carbocycles. The molecule has 2 atom stereocenters. The second kappa shape index (κ2) is 7.28. The molecule has 1 aliphatic heterocycles. The number of carbonyl (C=O) groups is 1. The Balaban J connectivity index is 0.00000161. The highest BCUT2D eigenvalue weighted by Gasteiger charge is 2.29. The van der Waals surface area contributed by atoms with Crippen molar-refractivity contribution in [3.63, 3.8) is 0 Å². The Bertz CT molecular complexity index is 487. The van der Waals surface area contributed by atoms with E-state index in [1.807, 2.05) is 0 Å². The molecule has 1 amide bonds. The highest BCUT2D eigenvalue weighted by atomic mass is 35.5. The molecule has 2 N–H and O–H groups in total. The van der Waals surface area contributed by atoms with Crippen molar-refractivity contribution < 1.29 is 4.79 Å². The minimum Gasteiger partial charge on any atom is -0.355 e. The van der Waals surface area contributed by atoms with E-state index >= 15 is 0 Å². The van der Waals surface area contributed by atoms with Crippen LogP contribution in [0.15, 0.2) is 24.3 Å². The first kappa shape index (κ1) is 16.3. The van der Waals surface area contributed by atoms with Crippen LogP contribution in [0.3, 0.4) is 0 Å². The number of hydrogen-bond donors (Lipinski definition) is 2. The smallest absolute Gasteiger partial charge is 0.223 e. The lowest BCUT2D eigenvalue weighted by Crippen LogP contribution is -2.50. The summed E-state index contributed by atoms with van der Waals surface area (Å²) in [6, 6.07) is 8.68. The van der Waals surface area contributed by atoms with Gasteiger partial charge >= 0.3 is 0 Å². The van der Waals surface area contributed by atoms with Gasteiger partial charge in [0.15, 0.2) is 0 Å². The van der Waals surface area contributed by atoms with Gasteiger partial charge in [0.1, 0.15) is 0 Å². The third-order valence-electron chi connectivity index (χ3n) is 4.95. The van der Waals surface area contributed by atoms with Crippen molar-refractivity contribution >= 4 is 18.3 Å². The summed E-state index contributed by atoms with van der Waals surface area (Å²) in [5.74, 6) is 1.37. The summed E-state index contributed by atoms with van der Waals surface area (Å²) in [4.78, 5) is 12.2. The predicted molar refractivity (Wildman–Crippen MR) is 87.9 cm³/mol. The third kappa shape index (κ3) is 3.58. The van der Waals surface area contributed by atoms with Crippen molar-refractivity contribution in [3.05, 3.63) is 35.4 Å². The zero-order chi connectivity index (χ0) is 13.9. The van der Waals surface area contributed by atoms with Gasteiger partial charge in [-0.2, -0.15) is 0 Å². The van der Waals surface area contributed by atoms with Crippen molar-refractivity contribution in [1.82, 2.24) is 10.6 Å². The van der Waals surface area contributed by atoms with Crippen molar-refractivity contribution in [2.75, 3.05) is 19.6 Å². The van der Waals surface area contributed by atoms with E-state index in [-0.39, 0.29) is 24.2 Å². The molecule has 3 rings (SSSR count). The van der Waals surface area contributed by atoms with Crippen LogP contribution in [0.5, 0.6) is 0 Å². The molecule has 116 valence electrons. The molecule has 1 fully saturated rings. The van der Waals surface area contributed by atoms with Crippen LogP contribution in [0.25, 0.3) is 0 Å². The van der Waals surface area contributed by atoms with Crippen LogP contribution >= 0.6 is 12.4 Å². The van der Waals surface area contributed by atoms with E-state index in [1.165, 1.54) is 30.4 Å². The molecule has 1 aromatic rings. The fourth-order valence-corrected chi connectivity index (χ4v) is 3.33. The summed E-state index contributed by atoms with van der Waals surface area (Å²) in [5.41, 5.74) is 2.91. The minimum atomic E-state index is 0. The molecule has 1 saturated heterocycles. The summed E-state index contributed by atoms with van der Waals surface area (Å²) < 4.78 is 0. The minimum absolute atomic E-state index is 0. The van der Waals surface area contributed by atoms with Gasteiger partial charge in [0.2, 0.25) is 5.91 Å². The fraction of sp³-hybridized carbons (Fsp3) is 0.588. The summed E-state index contributed by atoms with van der Waals surface area (Å²) in [7, 11) is 0. The van der Waals surface area contributed by atoms with Gasteiger partial charge in [-0.1, -0.05) is 31.2 Å². The van der Waals surface area contributed by atoms with Gasteiger partial charge < -0.3 is 10.6 Å². The second-order valence-electron chi connectivity index (χ2n) is 6.24. The van der Waals surface area contributed by atoms with E-state index in [0.717, 1.165) is 19.6 Å². The molecule has 2 unspecified atom stereocenters. The average Bonchev–Trinajstić information content (AvgIpc) is 2.42. The quantitative estimate of drug-likeness (QED) is 0.897. The molecule has 0 spiro atoms. The standard InChI is InChI=1S/C17H24N2O.ClH/c1-12(15-9-18-10-15)17(20)19-11-14-7-4-6-13-5-2-3-8-16(13)14;/h2-3,5,8,12,14-15,18H,4,6-7,9-11H2,1H3,(H,19,20);1H. The molecular formula is C17H25ClN2O. The largest absolute Gasteiger partial charge is 0.355 e. The lowest BCUT2D eigenvalue weighted by atomic mass is 9.82. The van der Waals surface area contributed by atoms with Crippen LogP contribution < -0.4 is 10.6 Å². The van der Waals surface area contributed by atoms with Crippen LogP contribution in [-0.2, 0) is 11.2 Å². The number of hydrogen-bond acceptors (Lipinski definition) is 2. The van der Waals surface area contributed by atoms with Crippen LogP contribution in [0, 0.1) is 11.8 Å². The van der Waals surface area contributed by atoms with Crippen molar-refractivity contribution in [2.45, 2.75) is 32.1 Å². The molecular weight excluding hydrogens is 284 g/mol. The Hall–Kier alpha value is -1.06. The summed E-state index contributed by atoms with van der Waals surface area (Å²) in [6.45, 7) is 4.82. The van der Waals surface area contributed by atoms with Gasteiger partial charge in [0.25, 0.3) is 0 Å². The molecule has 0 radical (unpaired) electrons. The third-order valence-corrected chi connectivity index (χ3v) is 4.95. The molecule has 0 bridgehead atoms. The Morgan fingerprint density at radius 2 is 2.14 bits per heavy atom. The van der Waals surface area contributed by atoms with Crippen molar-refractivity contribution in [1.29, 1.82) is 0 Å². The number of carbonyl (C=O) groups excluding carboxylic acids is 1. The number of nitrogens with one attached hydrogen (secondary N) is 2.